The molecule has 18 heavy (non-hydrogen) atoms. The third-order valence-electron chi connectivity index (χ3n) is 2.76. The van der Waals surface area contributed by atoms with E-state index < -0.39 is 15.8 Å². The SMILES string of the molecule is CCS(=O)(=O)Nc1ccc(N(C)C(C)C)c(F)c1. The van der Waals surface area contributed by atoms with Gasteiger partial charge in [-0.3, -0.25) is 4.72 Å². The zero-order valence-electron chi connectivity index (χ0n) is 11.1. The normalized spacial score (nSPS) is 11.7. The van der Waals surface area contributed by atoms with Crippen molar-refractivity contribution >= 4 is 21.4 Å². The molecule has 6 heteroatoms. The highest BCUT2D eigenvalue weighted by Gasteiger charge is 2.13. The van der Waals surface area contributed by atoms with Gasteiger partial charge in [-0.15, -0.1) is 0 Å². The lowest BCUT2D eigenvalue weighted by molar-refractivity contribution is 0.602. The summed E-state index contributed by atoms with van der Waals surface area (Å²) in [6.45, 7) is 5.43. The molecule has 0 aliphatic carbocycles. The number of benzene rings is 1. The molecule has 1 rings (SSSR count). The lowest BCUT2D eigenvalue weighted by Crippen LogP contribution is -2.26. The molecule has 0 radical (unpaired) electrons. The molecule has 0 aliphatic rings. The fourth-order valence-electron chi connectivity index (χ4n) is 1.39. The van der Waals surface area contributed by atoms with Gasteiger partial charge in [0.1, 0.15) is 5.82 Å². The van der Waals surface area contributed by atoms with Gasteiger partial charge in [-0.25, -0.2) is 12.8 Å². The van der Waals surface area contributed by atoms with E-state index in [1.807, 2.05) is 13.8 Å². The number of rotatable bonds is 5. The van der Waals surface area contributed by atoms with Crippen LogP contribution in [0.2, 0.25) is 0 Å². The van der Waals surface area contributed by atoms with Gasteiger partial charge in [-0.1, -0.05) is 0 Å². The Hall–Kier alpha value is -1.30. The third kappa shape index (κ3) is 3.60. The quantitative estimate of drug-likeness (QED) is 0.897. The van der Waals surface area contributed by atoms with Gasteiger partial charge in [-0.05, 0) is 32.9 Å². The van der Waals surface area contributed by atoms with Gasteiger partial charge in [-0.2, -0.15) is 0 Å². The first-order chi connectivity index (χ1) is 8.26. The van der Waals surface area contributed by atoms with Gasteiger partial charge in [0.05, 0.1) is 17.1 Å². The Morgan fingerprint density at radius 2 is 2.00 bits per heavy atom. The fraction of sp³-hybridized carbons (Fsp3) is 0.500. The van der Waals surface area contributed by atoms with Crippen LogP contribution in [-0.2, 0) is 10.0 Å². The molecule has 4 nitrogen and oxygen atoms in total. The lowest BCUT2D eigenvalue weighted by Gasteiger charge is -2.24. The van der Waals surface area contributed by atoms with Crippen molar-refractivity contribution in [2.45, 2.75) is 26.8 Å². The van der Waals surface area contributed by atoms with Gasteiger partial charge >= 0.3 is 0 Å². The topological polar surface area (TPSA) is 49.4 Å². The van der Waals surface area contributed by atoms with Crippen molar-refractivity contribution in [3.05, 3.63) is 24.0 Å². The average molecular weight is 274 g/mol. The Morgan fingerprint density at radius 1 is 1.39 bits per heavy atom. The fourth-order valence-corrected chi connectivity index (χ4v) is 2.02. The molecule has 0 spiro atoms. The van der Waals surface area contributed by atoms with Crippen LogP contribution >= 0.6 is 0 Å². The van der Waals surface area contributed by atoms with Crippen LogP contribution in [0.1, 0.15) is 20.8 Å². The highest BCUT2D eigenvalue weighted by atomic mass is 32.2. The van der Waals surface area contributed by atoms with Crippen molar-refractivity contribution in [1.29, 1.82) is 0 Å². The van der Waals surface area contributed by atoms with Crippen LogP contribution < -0.4 is 9.62 Å². The predicted molar refractivity (Wildman–Crippen MR) is 73.0 cm³/mol. The summed E-state index contributed by atoms with van der Waals surface area (Å²) in [5, 5.41) is 0. The zero-order chi connectivity index (χ0) is 13.9. The van der Waals surface area contributed by atoms with E-state index in [-0.39, 0.29) is 17.5 Å². The van der Waals surface area contributed by atoms with Gasteiger partial charge in [0.15, 0.2) is 0 Å². The van der Waals surface area contributed by atoms with E-state index >= 15 is 0 Å². The number of nitrogens with zero attached hydrogens (tertiary/aromatic N) is 1. The summed E-state index contributed by atoms with van der Waals surface area (Å²) in [6, 6.07) is 4.49. The average Bonchev–Trinajstić information content (AvgIpc) is 2.28. The summed E-state index contributed by atoms with van der Waals surface area (Å²) < 4.78 is 38.9. The van der Waals surface area contributed by atoms with Crippen LogP contribution in [0.15, 0.2) is 18.2 Å². The minimum absolute atomic E-state index is 0.0394. The number of anilines is 2. The first kappa shape index (κ1) is 14.8. The maximum Gasteiger partial charge on any atom is 0.232 e. The number of halogens is 1. The summed E-state index contributed by atoms with van der Waals surface area (Å²) in [5.74, 6) is -0.482. The van der Waals surface area contributed by atoms with Crippen LogP contribution in [0.3, 0.4) is 0 Å². The number of hydrogen-bond acceptors (Lipinski definition) is 3. The predicted octanol–water partition coefficient (Wildman–Crippen LogP) is 2.43. The van der Waals surface area contributed by atoms with E-state index in [9.17, 15) is 12.8 Å². The molecule has 1 aromatic carbocycles. The van der Waals surface area contributed by atoms with Crippen molar-refractivity contribution in [3.63, 3.8) is 0 Å². The van der Waals surface area contributed by atoms with Crippen LogP contribution in [0.5, 0.6) is 0 Å². The Labute approximate surface area is 108 Å². The monoisotopic (exact) mass is 274 g/mol. The zero-order valence-corrected chi connectivity index (χ0v) is 11.9. The molecule has 0 atom stereocenters. The largest absolute Gasteiger partial charge is 0.370 e. The molecule has 0 saturated carbocycles. The Morgan fingerprint density at radius 3 is 2.44 bits per heavy atom. The molecule has 0 bridgehead atoms. The van der Waals surface area contributed by atoms with E-state index in [1.54, 1.807) is 24.1 Å². The number of hydrogen-bond donors (Lipinski definition) is 1. The lowest BCUT2D eigenvalue weighted by atomic mass is 10.2. The maximum atomic E-state index is 13.9. The van der Waals surface area contributed by atoms with Gasteiger partial charge in [0, 0.05) is 19.2 Å². The second kappa shape index (κ2) is 5.56. The van der Waals surface area contributed by atoms with Crippen molar-refractivity contribution in [2.75, 3.05) is 22.4 Å². The highest BCUT2D eigenvalue weighted by molar-refractivity contribution is 7.92. The molecule has 0 aliphatic heterocycles. The van der Waals surface area contributed by atoms with Crippen LogP contribution in [0.25, 0.3) is 0 Å². The molecular weight excluding hydrogens is 255 g/mol. The van der Waals surface area contributed by atoms with Crippen molar-refractivity contribution in [1.82, 2.24) is 0 Å². The minimum Gasteiger partial charge on any atom is -0.370 e. The molecule has 0 aromatic heterocycles. The van der Waals surface area contributed by atoms with E-state index in [1.165, 1.54) is 13.0 Å². The van der Waals surface area contributed by atoms with Crippen molar-refractivity contribution < 1.29 is 12.8 Å². The Balaban J connectivity index is 3.00. The molecule has 1 aromatic rings. The first-order valence-corrected chi connectivity index (χ1v) is 7.45. The maximum absolute atomic E-state index is 13.9. The summed E-state index contributed by atoms with van der Waals surface area (Å²) in [7, 11) is -1.58. The molecule has 0 saturated heterocycles. The summed E-state index contributed by atoms with van der Waals surface area (Å²) in [4.78, 5) is 1.79. The summed E-state index contributed by atoms with van der Waals surface area (Å²) in [5.41, 5.74) is 0.694. The number of sulfonamides is 1. The molecular formula is C12H19FN2O2S. The smallest absolute Gasteiger partial charge is 0.232 e. The van der Waals surface area contributed by atoms with Crippen LogP contribution in [-0.4, -0.2) is 27.3 Å². The van der Waals surface area contributed by atoms with Gasteiger partial charge in [0.25, 0.3) is 0 Å². The van der Waals surface area contributed by atoms with E-state index in [4.69, 9.17) is 0 Å². The summed E-state index contributed by atoms with van der Waals surface area (Å²) >= 11 is 0. The van der Waals surface area contributed by atoms with E-state index in [2.05, 4.69) is 4.72 Å². The van der Waals surface area contributed by atoms with Crippen LogP contribution in [0, 0.1) is 5.82 Å². The second-order valence-electron chi connectivity index (χ2n) is 4.38. The van der Waals surface area contributed by atoms with Crippen molar-refractivity contribution in [2.24, 2.45) is 0 Å². The Kier molecular flexibility index (Phi) is 4.56. The Bertz CT molecular complexity index is 515. The first-order valence-electron chi connectivity index (χ1n) is 5.79. The standard InChI is InChI=1S/C12H19FN2O2S/c1-5-18(16,17)14-10-6-7-12(11(13)8-10)15(4)9(2)3/h6-9,14H,5H2,1-4H3. The third-order valence-corrected chi connectivity index (χ3v) is 4.06. The molecule has 102 valence electrons. The number of nitrogens with one attached hydrogen (secondary N) is 1. The summed E-state index contributed by atoms with van der Waals surface area (Å²) in [6.07, 6.45) is 0. The molecule has 0 fully saturated rings. The minimum atomic E-state index is -3.37. The highest BCUT2D eigenvalue weighted by Crippen LogP contribution is 2.23. The second-order valence-corrected chi connectivity index (χ2v) is 6.39. The van der Waals surface area contributed by atoms with E-state index in [0.29, 0.717) is 5.69 Å². The molecule has 0 amide bonds. The molecule has 0 heterocycles. The van der Waals surface area contributed by atoms with Crippen LogP contribution in [0.4, 0.5) is 15.8 Å². The molecule has 1 N–H and O–H groups in total. The van der Waals surface area contributed by atoms with Gasteiger partial charge in [0.2, 0.25) is 10.0 Å². The van der Waals surface area contributed by atoms with Gasteiger partial charge < -0.3 is 4.90 Å². The van der Waals surface area contributed by atoms with Crippen molar-refractivity contribution in [3.8, 4) is 0 Å². The van der Waals surface area contributed by atoms with E-state index in [0.717, 1.165) is 0 Å². The molecule has 0 unspecified atom stereocenters.